The molecule has 0 fully saturated rings. The largest absolute Gasteiger partial charge is 0.508 e. The zero-order valence-electron chi connectivity index (χ0n) is 35.7. The molecule has 3 atom stereocenters. The van der Waals surface area contributed by atoms with Crippen molar-refractivity contribution < 1.29 is 52.2 Å². The number of rotatable bonds is 7. The lowest BCUT2D eigenvalue weighted by Crippen LogP contribution is -2.16. The fraction of sp³-hybridized carbons (Fsp3) is 0.458. The number of phenolic OH excluding ortho intramolecular Hbond substituents is 1. The van der Waals surface area contributed by atoms with Crippen molar-refractivity contribution in [3.05, 3.63) is 87.7 Å². The van der Waals surface area contributed by atoms with Gasteiger partial charge in [0.2, 0.25) is 0 Å². The number of hydrogen-bond donors (Lipinski definition) is 1. The minimum atomic E-state index is -0.274. The van der Waals surface area contributed by atoms with Crippen molar-refractivity contribution in [2.24, 2.45) is 0 Å². The number of benzene rings is 4. The van der Waals surface area contributed by atoms with E-state index in [2.05, 4.69) is 39.0 Å². The molecule has 11 heteroatoms. The van der Waals surface area contributed by atoms with Crippen molar-refractivity contribution in [2.45, 2.75) is 64.7 Å². The summed E-state index contributed by atoms with van der Waals surface area (Å²) < 4.78 is 61.9. The van der Waals surface area contributed by atoms with Crippen molar-refractivity contribution in [3.63, 3.8) is 0 Å². The van der Waals surface area contributed by atoms with Gasteiger partial charge in [0.05, 0.1) is 68.1 Å². The SMILES string of the molecule is CCC1c2cc(c(OC)cc2O)-c2c(C)oc3cc(OC)c(cc23)C(CC)c2cc3c(OC)cc2OCCOCCOCCOCCOc2cc(OC)c1cc2C3CC. The molecule has 59 heavy (non-hydrogen) atoms. The Balaban J connectivity index is 1.60. The molecule has 0 saturated carbocycles. The van der Waals surface area contributed by atoms with Crippen LogP contribution in [-0.2, 0) is 14.2 Å². The van der Waals surface area contributed by atoms with Crippen LogP contribution < -0.4 is 28.4 Å². The predicted octanol–water partition coefficient (Wildman–Crippen LogP) is 9.91. The third-order valence-electron chi connectivity index (χ3n) is 11.8. The molecule has 0 saturated heterocycles. The lowest BCUT2D eigenvalue weighted by atomic mass is 9.79. The molecule has 3 aliphatic rings. The van der Waals surface area contributed by atoms with Crippen molar-refractivity contribution in [3.8, 4) is 51.4 Å². The highest BCUT2D eigenvalue weighted by Crippen LogP contribution is 2.52. The highest BCUT2D eigenvalue weighted by molar-refractivity contribution is 5.99. The molecule has 2 aliphatic heterocycles. The van der Waals surface area contributed by atoms with E-state index in [1.54, 1.807) is 34.5 Å². The van der Waals surface area contributed by atoms with Gasteiger partial charge in [-0.1, -0.05) is 20.8 Å². The molecule has 0 spiro atoms. The minimum Gasteiger partial charge on any atom is -0.508 e. The highest BCUT2D eigenvalue weighted by atomic mass is 16.6. The quantitative estimate of drug-likeness (QED) is 0.158. The number of aromatic hydroxyl groups is 1. The summed E-state index contributed by atoms with van der Waals surface area (Å²) in [6.45, 7) is 11.6. The summed E-state index contributed by atoms with van der Waals surface area (Å²) in [5.74, 6) is 4.18. The van der Waals surface area contributed by atoms with Gasteiger partial charge in [0, 0.05) is 91.9 Å². The van der Waals surface area contributed by atoms with Gasteiger partial charge in [-0.3, -0.25) is 0 Å². The van der Waals surface area contributed by atoms with Crippen LogP contribution in [0.4, 0.5) is 0 Å². The Bertz CT molecular complexity index is 2240. The number of furan rings is 1. The standard InChI is InChI=1S/C48H58O11/c1-9-29-32-20-38(41(50-5)24-40(32)49)48-28(4)59-47-27-44(53-8)35(23-39(47)48)31(11-3)37-22-34-30(10-2)36-21-33(29)42(51-6)25-45(36)57-18-16-55-14-12-54-13-15-56-17-19-58-46(37)26-43(34)52-7/h20-27,29-31,49H,9-19H2,1-8H3. The first-order valence-electron chi connectivity index (χ1n) is 20.7. The Labute approximate surface area is 347 Å². The Hall–Kier alpha value is -5.10. The van der Waals surface area contributed by atoms with Gasteiger partial charge in [-0.05, 0) is 50.5 Å². The van der Waals surface area contributed by atoms with Crippen molar-refractivity contribution in [1.29, 1.82) is 0 Å². The maximum Gasteiger partial charge on any atom is 0.138 e. The van der Waals surface area contributed by atoms with E-state index in [0.29, 0.717) is 105 Å². The van der Waals surface area contributed by atoms with Crippen LogP contribution in [0.3, 0.4) is 0 Å². The van der Waals surface area contributed by atoms with Gasteiger partial charge in [0.1, 0.15) is 64.8 Å². The van der Waals surface area contributed by atoms with Gasteiger partial charge in [-0.25, -0.2) is 0 Å². The average Bonchev–Trinajstić information content (AvgIpc) is 3.57. The Morgan fingerprint density at radius 2 is 0.949 bits per heavy atom. The summed E-state index contributed by atoms with van der Waals surface area (Å²) in [5, 5.41) is 12.7. The minimum absolute atomic E-state index is 0.126. The lowest BCUT2D eigenvalue weighted by Gasteiger charge is -2.29. The molecule has 3 unspecified atom stereocenters. The van der Waals surface area contributed by atoms with E-state index in [1.165, 1.54) is 0 Å². The van der Waals surface area contributed by atoms with E-state index in [-0.39, 0.29) is 23.5 Å². The fourth-order valence-electron chi connectivity index (χ4n) is 8.95. The fourth-order valence-corrected chi connectivity index (χ4v) is 8.95. The predicted molar refractivity (Wildman–Crippen MR) is 227 cm³/mol. The van der Waals surface area contributed by atoms with E-state index in [0.717, 1.165) is 62.7 Å². The summed E-state index contributed by atoms with van der Waals surface area (Å²) in [5.41, 5.74) is 7.96. The van der Waals surface area contributed by atoms with Gasteiger partial charge in [0.15, 0.2) is 0 Å². The van der Waals surface area contributed by atoms with Crippen molar-refractivity contribution in [2.75, 3.05) is 81.3 Å². The van der Waals surface area contributed by atoms with Crippen molar-refractivity contribution in [1.82, 2.24) is 0 Å². The molecule has 5 aromatic rings. The number of hydrogen-bond acceptors (Lipinski definition) is 11. The van der Waals surface area contributed by atoms with E-state index >= 15 is 0 Å². The molecule has 316 valence electrons. The molecular formula is C48H58O11. The molecular weight excluding hydrogens is 753 g/mol. The second-order valence-electron chi connectivity index (χ2n) is 14.9. The highest BCUT2D eigenvalue weighted by Gasteiger charge is 2.32. The van der Waals surface area contributed by atoms with Crippen LogP contribution >= 0.6 is 0 Å². The second-order valence-corrected chi connectivity index (χ2v) is 14.9. The third kappa shape index (κ3) is 8.25. The van der Waals surface area contributed by atoms with E-state index in [9.17, 15) is 5.11 Å². The van der Waals surface area contributed by atoms with Crippen molar-refractivity contribution >= 4 is 11.0 Å². The lowest BCUT2D eigenvalue weighted by molar-refractivity contribution is 0.00485. The zero-order valence-corrected chi connectivity index (χ0v) is 35.7. The number of ether oxygens (including phenoxy) is 9. The van der Waals surface area contributed by atoms with Gasteiger partial charge in [-0.2, -0.15) is 0 Å². The van der Waals surface area contributed by atoms with E-state index in [4.69, 9.17) is 47.0 Å². The molecule has 11 nitrogen and oxygen atoms in total. The maximum absolute atomic E-state index is 11.8. The first-order valence-corrected chi connectivity index (χ1v) is 20.7. The Kier molecular flexibility index (Phi) is 13.4. The first kappa shape index (κ1) is 42.0. The van der Waals surface area contributed by atoms with Crippen LogP contribution in [0.1, 0.15) is 96.9 Å². The summed E-state index contributed by atoms with van der Waals surface area (Å²) in [7, 11) is 6.69. The van der Waals surface area contributed by atoms with Crippen LogP contribution in [0.15, 0.2) is 52.9 Å². The molecule has 0 amide bonds. The summed E-state index contributed by atoms with van der Waals surface area (Å²) >= 11 is 0. The molecule has 0 radical (unpaired) electrons. The second kappa shape index (κ2) is 18.9. The van der Waals surface area contributed by atoms with Gasteiger partial charge >= 0.3 is 0 Å². The van der Waals surface area contributed by atoms with Crippen LogP contribution in [0.5, 0.6) is 40.2 Å². The topological polar surface area (TPSA) is 116 Å². The number of fused-ring (bicyclic) bond motifs is 18. The van der Waals surface area contributed by atoms with Crippen LogP contribution in [0.25, 0.3) is 22.1 Å². The van der Waals surface area contributed by atoms with E-state index < -0.39 is 0 Å². The van der Waals surface area contributed by atoms with Gasteiger partial charge < -0.3 is 52.2 Å². The van der Waals surface area contributed by atoms with Crippen LogP contribution in [-0.4, -0.2) is 86.4 Å². The molecule has 1 aliphatic carbocycles. The third-order valence-corrected chi connectivity index (χ3v) is 11.8. The smallest absolute Gasteiger partial charge is 0.138 e. The molecule has 3 heterocycles. The van der Waals surface area contributed by atoms with Gasteiger partial charge in [0.25, 0.3) is 0 Å². The van der Waals surface area contributed by atoms with Crippen LogP contribution in [0.2, 0.25) is 0 Å². The summed E-state index contributed by atoms with van der Waals surface area (Å²) in [6.07, 6.45) is 2.11. The molecule has 4 aromatic carbocycles. The molecule has 1 N–H and O–H groups in total. The Morgan fingerprint density at radius 1 is 0.508 bits per heavy atom. The molecule has 9 bridgehead atoms. The maximum atomic E-state index is 11.8. The summed E-state index contributed by atoms with van der Waals surface area (Å²) in [6, 6.07) is 16.3. The normalized spacial score (nSPS) is 18.8. The number of phenols is 1. The van der Waals surface area contributed by atoms with E-state index in [1.807, 2.05) is 31.2 Å². The first-order chi connectivity index (χ1) is 28.8. The molecule has 8 rings (SSSR count). The molecule has 1 aromatic heterocycles. The summed E-state index contributed by atoms with van der Waals surface area (Å²) in [4.78, 5) is 0. The van der Waals surface area contributed by atoms with Crippen LogP contribution in [0, 0.1) is 6.92 Å². The van der Waals surface area contributed by atoms with Gasteiger partial charge in [-0.15, -0.1) is 0 Å². The number of aryl methyl sites for hydroxylation is 1. The monoisotopic (exact) mass is 810 g/mol. The zero-order chi connectivity index (χ0) is 41.6. The Morgan fingerprint density at radius 3 is 1.42 bits per heavy atom. The number of methoxy groups -OCH3 is 4. The average molecular weight is 811 g/mol.